The summed E-state index contributed by atoms with van der Waals surface area (Å²) < 4.78 is 0. The zero-order valence-corrected chi connectivity index (χ0v) is 11.6. The summed E-state index contributed by atoms with van der Waals surface area (Å²) >= 11 is 0. The van der Waals surface area contributed by atoms with Crippen molar-refractivity contribution in [2.24, 2.45) is 0 Å². The quantitative estimate of drug-likeness (QED) is 0.877. The van der Waals surface area contributed by atoms with Crippen LogP contribution in [0.4, 0.5) is 0 Å². The van der Waals surface area contributed by atoms with Gasteiger partial charge >= 0.3 is 0 Å². The number of rotatable bonds is 2. The van der Waals surface area contributed by atoms with E-state index in [1.54, 1.807) is 0 Å². The van der Waals surface area contributed by atoms with Crippen molar-refractivity contribution < 1.29 is 4.79 Å². The van der Waals surface area contributed by atoms with Crippen LogP contribution in [0, 0.1) is 0 Å². The number of carbonyl (C=O) groups excluding carboxylic acids is 1. The Balaban J connectivity index is 1.81. The van der Waals surface area contributed by atoms with Gasteiger partial charge in [0.25, 0.3) is 5.91 Å². The lowest BCUT2D eigenvalue weighted by molar-refractivity contribution is 0.0650. The Morgan fingerprint density at radius 2 is 2.00 bits per heavy atom. The van der Waals surface area contributed by atoms with E-state index in [9.17, 15) is 4.79 Å². The lowest BCUT2D eigenvalue weighted by atomic mass is 10.2. The second-order valence-electron chi connectivity index (χ2n) is 5.20. The summed E-state index contributed by atoms with van der Waals surface area (Å²) in [6.45, 7) is 4.56. The largest absolute Gasteiger partial charge is 0.351 e. The smallest absolute Gasteiger partial charge is 0.270 e. The van der Waals surface area contributed by atoms with E-state index in [2.05, 4.69) is 17.2 Å². The number of hydrogen-bond donors (Lipinski definition) is 2. The predicted octanol–water partition coefficient (Wildman–Crippen LogP) is 2.12. The second-order valence-corrected chi connectivity index (χ2v) is 5.20. The van der Waals surface area contributed by atoms with Crippen LogP contribution in [-0.2, 0) is 0 Å². The second kappa shape index (κ2) is 5.51. The average Bonchev–Trinajstić information content (AvgIpc) is 2.98. The summed E-state index contributed by atoms with van der Waals surface area (Å²) in [5.41, 5.74) is 2.74. The number of nitrogens with one attached hydrogen (secondary N) is 2. The molecule has 0 saturated carbocycles. The number of nitrogens with zero attached hydrogens (tertiary/aromatic N) is 1. The van der Waals surface area contributed by atoms with Gasteiger partial charge in [0.1, 0.15) is 5.69 Å². The molecule has 1 saturated heterocycles. The Bertz CT molecular complexity index is 591. The van der Waals surface area contributed by atoms with Crippen LogP contribution in [0.3, 0.4) is 0 Å². The monoisotopic (exact) mass is 269 g/mol. The lowest BCUT2D eigenvalue weighted by Gasteiger charge is -2.33. The van der Waals surface area contributed by atoms with E-state index in [-0.39, 0.29) is 11.9 Å². The fourth-order valence-corrected chi connectivity index (χ4v) is 2.60. The van der Waals surface area contributed by atoms with Gasteiger partial charge in [-0.1, -0.05) is 30.3 Å². The van der Waals surface area contributed by atoms with Gasteiger partial charge in [0.2, 0.25) is 0 Å². The van der Waals surface area contributed by atoms with Crippen LogP contribution < -0.4 is 5.32 Å². The Morgan fingerprint density at radius 1 is 1.20 bits per heavy atom. The maximum absolute atomic E-state index is 12.5. The normalized spacial score (nSPS) is 19.1. The average molecular weight is 269 g/mol. The van der Waals surface area contributed by atoms with Crippen molar-refractivity contribution in [3.05, 3.63) is 48.2 Å². The zero-order valence-electron chi connectivity index (χ0n) is 11.6. The van der Waals surface area contributed by atoms with E-state index in [0.29, 0.717) is 5.69 Å². The van der Waals surface area contributed by atoms with Gasteiger partial charge in [-0.3, -0.25) is 4.79 Å². The minimum absolute atomic E-state index is 0.0844. The molecule has 104 valence electrons. The minimum atomic E-state index is 0.0844. The Labute approximate surface area is 118 Å². The molecule has 1 aliphatic rings. The van der Waals surface area contributed by atoms with Crippen molar-refractivity contribution in [3.8, 4) is 11.3 Å². The molecule has 0 aliphatic carbocycles. The summed E-state index contributed by atoms with van der Waals surface area (Å²) in [6.07, 6.45) is 0. The van der Waals surface area contributed by atoms with Crippen molar-refractivity contribution >= 4 is 5.91 Å². The van der Waals surface area contributed by atoms with Gasteiger partial charge in [-0.05, 0) is 24.6 Å². The molecule has 2 N–H and O–H groups in total. The number of piperazine rings is 1. The number of carbonyl (C=O) groups is 1. The number of H-pyrrole nitrogens is 1. The molecule has 0 radical (unpaired) electrons. The molecule has 0 bridgehead atoms. The number of benzene rings is 1. The van der Waals surface area contributed by atoms with Crippen LogP contribution in [-0.4, -0.2) is 41.5 Å². The molecule has 1 amide bonds. The van der Waals surface area contributed by atoms with Crippen LogP contribution in [0.15, 0.2) is 42.5 Å². The van der Waals surface area contributed by atoms with Crippen molar-refractivity contribution in [1.29, 1.82) is 0 Å². The van der Waals surface area contributed by atoms with E-state index < -0.39 is 0 Å². The standard InChI is InChI=1S/C16H19N3O/c1-12-11-17-9-10-19(12)16(20)15-8-7-14(18-15)13-5-3-2-4-6-13/h2-8,12,17-18H,9-11H2,1H3. The molecule has 0 spiro atoms. The van der Waals surface area contributed by atoms with Gasteiger partial charge in [-0.15, -0.1) is 0 Å². The molecular formula is C16H19N3O. The topological polar surface area (TPSA) is 48.1 Å². The highest BCUT2D eigenvalue weighted by molar-refractivity contribution is 5.93. The number of aromatic nitrogens is 1. The van der Waals surface area contributed by atoms with Gasteiger partial charge in [-0.2, -0.15) is 0 Å². The van der Waals surface area contributed by atoms with Crippen LogP contribution in [0.25, 0.3) is 11.3 Å². The number of hydrogen-bond acceptors (Lipinski definition) is 2. The fourth-order valence-electron chi connectivity index (χ4n) is 2.60. The SMILES string of the molecule is CC1CNCCN1C(=O)c1ccc(-c2ccccc2)[nH]1. The third-order valence-electron chi connectivity index (χ3n) is 3.76. The predicted molar refractivity (Wildman–Crippen MR) is 79.6 cm³/mol. The molecule has 1 aromatic heterocycles. The maximum Gasteiger partial charge on any atom is 0.270 e. The van der Waals surface area contributed by atoms with Gasteiger partial charge in [0.15, 0.2) is 0 Å². The Hall–Kier alpha value is -2.07. The molecule has 2 aromatic rings. The first-order chi connectivity index (χ1) is 9.75. The van der Waals surface area contributed by atoms with E-state index in [4.69, 9.17) is 0 Å². The van der Waals surface area contributed by atoms with E-state index in [0.717, 1.165) is 30.9 Å². The lowest BCUT2D eigenvalue weighted by Crippen LogP contribution is -2.52. The third kappa shape index (κ3) is 2.47. The highest BCUT2D eigenvalue weighted by Crippen LogP contribution is 2.19. The third-order valence-corrected chi connectivity index (χ3v) is 3.76. The van der Waals surface area contributed by atoms with Crippen molar-refractivity contribution in [1.82, 2.24) is 15.2 Å². The van der Waals surface area contributed by atoms with Gasteiger partial charge in [0, 0.05) is 31.4 Å². The molecule has 4 nitrogen and oxygen atoms in total. The number of amides is 1. The van der Waals surface area contributed by atoms with Crippen molar-refractivity contribution in [2.45, 2.75) is 13.0 Å². The fraction of sp³-hybridized carbons (Fsp3) is 0.312. The molecular weight excluding hydrogens is 250 g/mol. The highest BCUT2D eigenvalue weighted by Gasteiger charge is 2.24. The number of aromatic amines is 1. The molecule has 1 atom stereocenters. The Morgan fingerprint density at radius 3 is 2.75 bits per heavy atom. The molecule has 20 heavy (non-hydrogen) atoms. The maximum atomic E-state index is 12.5. The van der Waals surface area contributed by atoms with Crippen molar-refractivity contribution in [2.75, 3.05) is 19.6 Å². The molecule has 4 heteroatoms. The summed E-state index contributed by atoms with van der Waals surface area (Å²) in [5, 5.41) is 3.30. The summed E-state index contributed by atoms with van der Waals surface area (Å²) in [5.74, 6) is 0.0844. The molecule has 1 fully saturated rings. The van der Waals surface area contributed by atoms with Gasteiger partial charge in [0.05, 0.1) is 0 Å². The van der Waals surface area contributed by atoms with E-state index in [1.807, 2.05) is 47.4 Å². The molecule has 1 unspecified atom stereocenters. The summed E-state index contributed by atoms with van der Waals surface area (Å²) in [4.78, 5) is 17.7. The molecule has 2 heterocycles. The van der Waals surface area contributed by atoms with Gasteiger partial charge in [-0.25, -0.2) is 0 Å². The summed E-state index contributed by atoms with van der Waals surface area (Å²) in [6, 6.07) is 14.1. The molecule has 1 aromatic carbocycles. The highest BCUT2D eigenvalue weighted by atomic mass is 16.2. The van der Waals surface area contributed by atoms with Crippen LogP contribution in [0.1, 0.15) is 17.4 Å². The molecule has 3 rings (SSSR count). The first-order valence-corrected chi connectivity index (χ1v) is 7.02. The van der Waals surface area contributed by atoms with E-state index in [1.165, 1.54) is 0 Å². The van der Waals surface area contributed by atoms with E-state index >= 15 is 0 Å². The van der Waals surface area contributed by atoms with Crippen LogP contribution >= 0.6 is 0 Å². The molecule has 1 aliphatic heterocycles. The zero-order chi connectivity index (χ0) is 13.9. The first-order valence-electron chi connectivity index (χ1n) is 7.02. The first kappa shape index (κ1) is 12.9. The van der Waals surface area contributed by atoms with Crippen LogP contribution in [0.5, 0.6) is 0 Å². The van der Waals surface area contributed by atoms with Crippen LogP contribution in [0.2, 0.25) is 0 Å². The van der Waals surface area contributed by atoms with Crippen molar-refractivity contribution in [3.63, 3.8) is 0 Å². The minimum Gasteiger partial charge on any atom is -0.351 e. The summed E-state index contributed by atoms with van der Waals surface area (Å²) in [7, 11) is 0. The Kier molecular flexibility index (Phi) is 3.56. The van der Waals surface area contributed by atoms with Gasteiger partial charge < -0.3 is 15.2 Å².